The van der Waals surface area contributed by atoms with E-state index in [1.54, 1.807) is 10.3 Å². The summed E-state index contributed by atoms with van der Waals surface area (Å²) < 4.78 is 106. The normalized spacial score (nSPS) is 13.0. The van der Waals surface area contributed by atoms with Gasteiger partial charge in [0.1, 0.15) is 22.8 Å². The highest BCUT2D eigenvalue weighted by molar-refractivity contribution is 7.89. The minimum absolute atomic E-state index is 0.0696. The van der Waals surface area contributed by atoms with Gasteiger partial charge in [0.05, 0.1) is 7.11 Å². The number of ether oxygens (including phenoxy) is 1. The molecule has 0 heterocycles. The van der Waals surface area contributed by atoms with Crippen LogP contribution in [0.25, 0.3) is 0 Å². The van der Waals surface area contributed by atoms with E-state index in [2.05, 4.69) is 6.58 Å². The molecule has 0 saturated heterocycles. The van der Waals surface area contributed by atoms with Gasteiger partial charge < -0.3 is 10.1 Å². The van der Waals surface area contributed by atoms with Crippen LogP contribution in [0.1, 0.15) is 17.3 Å². The van der Waals surface area contributed by atoms with Gasteiger partial charge in [0.2, 0.25) is 5.54 Å². The quantitative estimate of drug-likeness (QED) is 0.329. The van der Waals surface area contributed by atoms with Crippen LogP contribution in [-0.4, -0.2) is 39.7 Å². The van der Waals surface area contributed by atoms with Gasteiger partial charge in [-0.15, -0.1) is 4.83 Å². The van der Waals surface area contributed by atoms with Gasteiger partial charge in [-0.25, -0.2) is 8.42 Å². The van der Waals surface area contributed by atoms with Crippen LogP contribution >= 0.6 is 0 Å². The number of hydrogen-bond donors (Lipinski definition) is 3. The fourth-order valence-electron chi connectivity index (χ4n) is 1.80. The largest absolute Gasteiger partial charge is 0.495 e. The van der Waals surface area contributed by atoms with Crippen LogP contribution < -0.4 is 20.3 Å². The smallest absolute Gasteiger partial charge is 0.420 e. The molecular formula is C14H15F6N3O4S. The van der Waals surface area contributed by atoms with Crippen molar-refractivity contribution in [2.24, 2.45) is 0 Å². The molecule has 7 nitrogen and oxygen atoms in total. The monoisotopic (exact) mass is 435 g/mol. The lowest BCUT2D eigenvalue weighted by Gasteiger charge is -2.36. The van der Waals surface area contributed by atoms with Crippen LogP contribution in [0.2, 0.25) is 0 Å². The SMILES string of the molecule is C=C(NNS(=O)(=O)c1cc(C=O)ccc1OC)NC(C)(C(F)(F)F)C(F)(F)F. The van der Waals surface area contributed by atoms with Gasteiger partial charge in [-0.3, -0.25) is 10.2 Å². The molecule has 0 aromatic heterocycles. The summed E-state index contributed by atoms with van der Waals surface area (Å²) in [6.07, 6.45) is -11.2. The number of nitrogens with one attached hydrogen (secondary N) is 3. The number of carbonyl (C=O) groups excluding carboxylic acids is 1. The first kappa shape index (κ1) is 23.6. The standard InChI is InChI=1S/C14H15F6N3O4S/c1-8(21-12(2,13(15,16)17)14(18,19)20)22-23-28(25,26)11-6-9(7-24)4-5-10(11)27-3/h4-7,21-23H,1H2,2-3H3. The third kappa shape index (κ3) is 4.86. The molecule has 0 aliphatic rings. The number of hydrazine groups is 1. The molecule has 1 rings (SSSR count). The van der Waals surface area contributed by atoms with E-state index >= 15 is 0 Å². The molecule has 1 aromatic carbocycles. The van der Waals surface area contributed by atoms with E-state index in [0.717, 1.165) is 24.6 Å². The zero-order chi connectivity index (χ0) is 22.0. The molecule has 0 amide bonds. The lowest BCUT2D eigenvalue weighted by atomic mass is 10.0. The lowest BCUT2D eigenvalue weighted by Crippen LogP contribution is -2.65. The molecule has 14 heteroatoms. The summed E-state index contributed by atoms with van der Waals surface area (Å²) in [6.45, 7) is 2.73. The summed E-state index contributed by atoms with van der Waals surface area (Å²) in [6, 6.07) is 3.26. The molecule has 0 fully saturated rings. The fourth-order valence-corrected chi connectivity index (χ4v) is 2.87. The molecular weight excluding hydrogens is 420 g/mol. The van der Waals surface area contributed by atoms with Gasteiger partial charge in [-0.05, 0) is 25.1 Å². The Bertz CT molecular complexity index is 838. The summed E-state index contributed by atoms with van der Waals surface area (Å²) in [5.74, 6) is -1.36. The van der Waals surface area contributed by atoms with Crippen molar-refractivity contribution in [3.63, 3.8) is 0 Å². The summed E-state index contributed by atoms with van der Waals surface area (Å²) in [5, 5.41) is 1.08. The van der Waals surface area contributed by atoms with E-state index in [4.69, 9.17) is 4.74 Å². The Hall–Kier alpha value is -2.48. The Labute approximate surface area is 155 Å². The molecule has 1 aromatic rings. The van der Waals surface area contributed by atoms with Gasteiger partial charge in [0, 0.05) is 5.56 Å². The van der Waals surface area contributed by atoms with Crippen molar-refractivity contribution in [2.45, 2.75) is 29.7 Å². The van der Waals surface area contributed by atoms with Crippen molar-refractivity contribution in [1.82, 2.24) is 15.6 Å². The Kier molecular flexibility index (Phi) is 6.62. The van der Waals surface area contributed by atoms with E-state index < -0.39 is 38.6 Å². The number of halogens is 6. The average Bonchev–Trinajstić information content (AvgIpc) is 2.57. The van der Waals surface area contributed by atoms with E-state index in [1.807, 2.05) is 0 Å². The Morgan fingerprint density at radius 1 is 1.14 bits per heavy atom. The zero-order valence-electron chi connectivity index (χ0n) is 14.3. The second-order valence-corrected chi connectivity index (χ2v) is 7.13. The molecule has 0 bridgehead atoms. The highest BCUT2D eigenvalue weighted by Gasteiger charge is 2.68. The second kappa shape index (κ2) is 7.87. The van der Waals surface area contributed by atoms with Gasteiger partial charge in [-0.2, -0.15) is 26.3 Å². The lowest BCUT2D eigenvalue weighted by molar-refractivity contribution is -0.299. The van der Waals surface area contributed by atoms with E-state index in [-0.39, 0.29) is 18.2 Å². The van der Waals surface area contributed by atoms with E-state index in [9.17, 15) is 39.6 Å². The predicted octanol–water partition coefficient (Wildman–Crippen LogP) is 2.23. The minimum atomic E-state index is -5.77. The zero-order valence-corrected chi connectivity index (χ0v) is 15.1. The summed E-state index contributed by atoms with van der Waals surface area (Å²) >= 11 is 0. The summed E-state index contributed by atoms with van der Waals surface area (Å²) in [5.41, 5.74) is -2.85. The molecule has 3 N–H and O–H groups in total. The Morgan fingerprint density at radius 2 is 1.68 bits per heavy atom. The van der Waals surface area contributed by atoms with Crippen LogP contribution in [0.4, 0.5) is 26.3 Å². The second-order valence-electron chi connectivity index (χ2n) is 5.48. The third-order valence-corrected chi connectivity index (χ3v) is 4.75. The average molecular weight is 435 g/mol. The van der Waals surface area contributed by atoms with Crippen molar-refractivity contribution in [1.29, 1.82) is 0 Å². The number of sulfonamides is 1. The van der Waals surface area contributed by atoms with Crippen LogP contribution in [0.3, 0.4) is 0 Å². The number of rotatable bonds is 8. The van der Waals surface area contributed by atoms with Gasteiger partial charge >= 0.3 is 12.4 Å². The Balaban J connectivity index is 3.05. The summed E-state index contributed by atoms with van der Waals surface area (Å²) in [4.78, 5) is 11.8. The fraction of sp³-hybridized carbons (Fsp3) is 0.357. The Morgan fingerprint density at radius 3 is 2.11 bits per heavy atom. The molecule has 0 aliphatic carbocycles. The molecule has 28 heavy (non-hydrogen) atoms. The maximum absolute atomic E-state index is 12.8. The molecule has 0 spiro atoms. The maximum atomic E-state index is 12.8. The van der Waals surface area contributed by atoms with Gasteiger partial charge in [0.25, 0.3) is 10.0 Å². The van der Waals surface area contributed by atoms with Crippen LogP contribution in [-0.2, 0) is 10.0 Å². The van der Waals surface area contributed by atoms with Gasteiger partial charge in [0.15, 0.2) is 0 Å². The van der Waals surface area contributed by atoms with Crippen LogP contribution in [0.15, 0.2) is 35.5 Å². The first-order valence-electron chi connectivity index (χ1n) is 7.10. The van der Waals surface area contributed by atoms with Gasteiger partial charge in [-0.1, -0.05) is 6.58 Å². The first-order valence-corrected chi connectivity index (χ1v) is 8.59. The topological polar surface area (TPSA) is 96.5 Å². The third-order valence-electron chi connectivity index (χ3n) is 3.48. The maximum Gasteiger partial charge on any atom is 0.420 e. The first-order chi connectivity index (χ1) is 12.6. The van der Waals surface area contributed by atoms with Crippen molar-refractivity contribution in [3.05, 3.63) is 36.2 Å². The van der Waals surface area contributed by atoms with E-state index in [1.165, 1.54) is 6.07 Å². The van der Waals surface area contributed by atoms with Crippen molar-refractivity contribution < 1.29 is 44.3 Å². The number of methoxy groups -OCH3 is 1. The van der Waals surface area contributed by atoms with Crippen LogP contribution in [0.5, 0.6) is 5.75 Å². The van der Waals surface area contributed by atoms with Crippen molar-refractivity contribution in [3.8, 4) is 5.75 Å². The number of alkyl halides is 6. The highest BCUT2D eigenvalue weighted by atomic mass is 32.2. The number of hydrogen-bond acceptors (Lipinski definition) is 6. The number of carbonyl (C=O) groups is 1. The minimum Gasteiger partial charge on any atom is -0.495 e. The molecule has 0 aliphatic heterocycles. The molecule has 0 radical (unpaired) electrons. The highest BCUT2D eigenvalue weighted by Crippen LogP contribution is 2.43. The van der Waals surface area contributed by atoms with Crippen LogP contribution in [0, 0.1) is 0 Å². The number of aldehydes is 1. The van der Waals surface area contributed by atoms with E-state index in [0.29, 0.717) is 6.29 Å². The molecule has 0 unspecified atom stereocenters. The molecule has 158 valence electrons. The molecule has 0 atom stereocenters. The molecule has 0 saturated carbocycles. The van der Waals surface area contributed by atoms with Crippen molar-refractivity contribution >= 4 is 16.3 Å². The predicted molar refractivity (Wildman–Crippen MR) is 84.6 cm³/mol. The summed E-state index contributed by atoms with van der Waals surface area (Å²) in [7, 11) is -3.45. The number of benzene rings is 1. The van der Waals surface area contributed by atoms with Crippen molar-refractivity contribution in [2.75, 3.05) is 7.11 Å².